The molecule has 0 radical (unpaired) electrons. The molecule has 0 N–H and O–H groups in total. The van der Waals surface area contributed by atoms with Gasteiger partial charge in [-0.15, -0.1) is 0 Å². The number of ether oxygens (including phenoxy) is 1. The van der Waals surface area contributed by atoms with Crippen LogP contribution in [-0.4, -0.2) is 22.8 Å². The Morgan fingerprint density at radius 1 is 1.36 bits per heavy atom. The number of halogens is 3. The lowest BCUT2D eigenvalue weighted by molar-refractivity contribution is -0.199. The van der Waals surface area contributed by atoms with Crippen molar-refractivity contribution in [2.45, 2.75) is 58.7 Å². The fourth-order valence-corrected chi connectivity index (χ4v) is 2.73. The van der Waals surface area contributed by atoms with Crippen molar-refractivity contribution in [3.8, 4) is 0 Å². The summed E-state index contributed by atoms with van der Waals surface area (Å²) in [5.74, 6) is 0. The Hall–Kier alpha value is -1.31. The molecule has 0 saturated carbocycles. The highest BCUT2D eigenvalue weighted by Gasteiger charge is 2.49. The molecule has 0 fully saturated rings. The fraction of sp³-hybridized carbons (Fsp3) is 0.714. The van der Waals surface area contributed by atoms with Crippen molar-refractivity contribution in [1.82, 2.24) is 3.96 Å². The van der Waals surface area contributed by atoms with E-state index in [0.717, 1.165) is 42.2 Å². The Morgan fingerprint density at radius 2 is 2.00 bits per heavy atom. The maximum absolute atomic E-state index is 13.2. The predicted octanol–water partition coefficient (Wildman–Crippen LogP) is 4.25. The smallest absolute Gasteiger partial charge is 0.434 e. The summed E-state index contributed by atoms with van der Waals surface area (Å²) in [6, 6.07) is 0. The van der Waals surface area contributed by atoms with E-state index in [1.165, 1.54) is 6.20 Å². The molecule has 1 heterocycles. The number of nitrogens with zero attached hydrogens (tertiary/aromatic N) is 2. The highest BCUT2D eigenvalue weighted by molar-refractivity contribution is 7.04. The van der Waals surface area contributed by atoms with E-state index in [-0.39, 0.29) is 11.3 Å². The molecule has 0 aliphatic heterocycles. The number of carbonyl (C=O) groups excluding carboxylic acids is 1. The summed E-state index contributed by atoms with van der Waals surface area (Å²) in [6.07, 6.45) is -1.45. The minimum atomic E-state index is -4.40. The molecule has 1 aromatic rings. The van der Waals surface area contributed by atoms with E-state index < -0.39 is 17.8 Å². The first-order valence-electron chi connectivity index (χ1n) is 7.14. The van der Waals surface area contributed by atoms with Crippen molar-refractivity contribution < 1.29 is 22.7 Å². The normalized spacial score (nSPS) is 13.5. The van der Waals surface area contributed by atoms with Gasteiger partial charge in [0.05, 0.1) is 6.61 Å². The first kappa shape index (κ1) is 18.7. The highest BCUT2D eigenvalue weighted by Crippen LogP contribution is 2.37. The second-order valence-corrected chi connectivity index (χ2v) is 6.31. The Morgan fingerprint density at radius 3 is 2.50 bits per heavy atom. The van der Waals surface area contributed by atoms with E-state index >= 15 is 0 Å². The maximum atomic E-state index is 13.2. The summed E-state index contributed by atoms with van der Waals surface area (Å²) < 4.78 is 45.6. The third-order valence-electron chi connectivity index (χ3n) is 3.24. The summed E-state index contributed by atoms with van der Waals surface area (Å²) in [7, 11) is 0. The van der Waals surface area contributed by atoms with Gasteiger partial charge in [0.1, 0.15) is 10.2 Å². The van der Waals surface area contributed by atoms with Crippen LogP contribution in [0.15, 0.2) is 11.2 Å². The second-order valence-electron chi connectivity index (χ2n) is 5.35. The summed E-state index contributed by atoms with van der Waals surface area (Å²) in [5.41, 5.74) is -1.42. The molecule has 0 unspecified atom stereocenters. The molecule has 0 aliphatic carbocycles. The standard InChI is InChI=1S/C14H21F3N2O2S/c1-5-7-8-10-9-19(13(3,4)14(15,16)17)22-11(10)18-12(20)21-6-2/h9H,5-8H2,1-4H3. The summed E-state index contributed by atoms with van der Waals surface area (Å²) in [6.45, 7) is 6.00. The number of alkyl halides is 3. The SMILES string of the molecule is CCCCc1cn(C(C)(C)C(F)(F)F)sc1=NC(=O)OCC. The number of carbonyl (C=O) groups is 1. The van der Waals surface area contributed by atoms with E-state index in [9.17, 15) is 18.0 Å². The number of hydrogen-bond donors (Lipinski definition) is 0. The van der Waals surface area contributed by atoms with Gasteiger partial charge in [0, 0.05) is 11.8 Å². The zero-order chi connectivity index (χ0) is 17.0. The lowest BCUT2D eigenvalue weighted by atomic mass is 10.1. The van der Waals surface area contributed by atoms with Crippen molar-refractivity contribution in [1.29, 1.82) is 0 Å². The van der Waals surface area contributed by atoms with Gasteiger partial charge in [-0.3, -0.25) is 3.96 Å². The number of amides is 1. The van der Waals surface area contributed by atoms with Gasteiger partial charge in [0.15, 0.2) is 0 Å². The van der Waals surface area contributed by atoms with Gasteiger partial charge in [-0.25, -0.2) is 4.79 Å². The number of rotatable bonds is 5. The number of hydrogen-bond acceptors (Lipinski definition) is 3. The Bertz CT molecular complexity index is 573. The van der Waals surface area contributed by atoms with Gasteiger partial charge in [0.2, 0.25) is 0 Å². The van der Waals surface area contributed by atoms with Crippen LogP contribution in [0.1, 0.15) is 46.1 Å². The van der Waals surface area contributed by atoms with E-state index in [0.29, 0.717) is 12.0 Å². The second kappa shape index (κ2) is 7.30. The molecule has 0 bridgehead atoms. The topological polar surface area (TPSA) is 43.6 Å². The van der Waals surface area contributed by atoms with Crippen molar-refractivity contribution in [3.63, 3.8) is 0 Å². The first-order chi connectivity index (χ1) is 10.1. The monoisotopic (exact) mass is 338 g/mol. The Labute approximate surface area is 131 Å². The minimum absolute atomic E-state index is 0.173. The molecule has 0 aromatic carbocycles. The van der Waals surface area contributed by atoms with Crippen molar-refractivity contribution >= 4 is 17.6 Å². The lowest BCUT2D eigenvalue weighted by Crippen LogP contribution is -2.40. The molecule has 4 nitrogen and oxygen atoms in total. The number of aromatic nitrogens is 1. The number of aryl methyl sites for hydroxylation is 1. The lowest BCUT2D eigenvalue weighted by Gasteiger charge is -2.28. The summed E-state index contributed by atoms with van der Waals surface area (Å²) in [5, 5.41) is 0. The van der Waals surface area contributed by atoms with Crippen molar-refractivity contribution in [2.75, 3.05) is 6.61 Å². The average Bonchev–Trinajstić information content (AvgIpc) is 2.79. The van der Waals surface area contributed by atoms with Crippen LogP contribution < -0.4 is 4.67 Å². The fourth-order valence-electron chi connectivity index (χ4n) is 1.64. The van der Waals surface area contributed by atoms with Crippen LogP contribution in [0.25, 0.3) is 0 Å². The van der Waals surface area contributed by atoms with E-state index in [1.54, 1.807) is 6.92 Å². The van der Waals surface area contributed by atoms with Gasteiger partial charge >= 0.3 is 12.3 Å². The molecule has 0 atom stereocenters. The zero-order valence-corrected chi connectivity index (χ0v) is 14.0. The van der Waals surface area contributed by atoms with Crippen LogP contribution in [0.3, 0.4) is 0 Å². The first-order valence-corrected chi connectivity index (χ1v) is 7.91. The molecule has 8 heteroatoms. The largest absolute Gasteiger partial charge is 0.448 e. The number of unbranched alkanes of at least 4 members (excludes halogenated alkanes) is 1. The Balaban J connectivity index is 3.29. The van der Waals surface area contributed by atoms with E-state index in [4.69, 9.17) is 4.74 Å². The highest BCUT2D eigenvalue weighted by atomic mass is 32.1. The van der Waals surface area contributed by atoms with Gasteiger partial charge in [0.25, 0.3) is 0 Å². The molecule has 0 spiro atoms. The molecule has 1 aromatic heterocycles. The third-order valence-corrected chi connectivity index (χ3v) is 4.52. The van der Waals surface area contributed by atoms with E-state index in [1.807, 2.05) is 6.92 Å². The quantitative estimate of drug-likeness (QED) is 0.806. The Kier molecular flexibility index (Phi) is 6.22. The molecular weight excluding hydrogens is 317 g/mol. The van der Waals surface area contributed by atoms with Crippen LogP contribution in [-0.2, 0) is 16.7 Å². The van der Waals surface area contributed by atoms with Crippen LogP contribution >= 0.6 is 11.5 Å². The van der Waals surface area contributed by atoms with Gasteiger partial charge in [-0.2, -0.15) is 18.2 Å². The molecule has 0 aliphatic rings. The van der Waals surface area contributed by atoms with Crippen molar-refractivity contribution in [2.24, 2.45) is 4.99 Å². The maximum Gasteiger partial charge on any atom is 0.434 e. The summed E-state index contributed by atoms with van der Waals surface area (Å²) in [4.78, 5) is 15.3. The van der Waals surface area contributed by atoms with Gasteiger partial charge in [-0.1, -0.05) is 13.3 Å². The minimum Gasteiger partial charge on any atom is -0.448 e. The van der Waals surface area contributed by atoms with Crippen LogP contribution in [0, 0.1) is 0 Å². The van der Waals surface area contributed by atoms with E-state index in [2.05, 4.69) is 4.99 Å². The van der Waals surface area contributed by atoms with Crippen molar-refractivity contribution in [3.05, 3.63) is 16.4 Å². The molecule has 1 amide bonds. The van der Waals surface area contributed by atoms with Crippen LogP contribution in [0.4, 0.5) is 18.0 Å². The van der Waals surface area contributed by atoms with Crippen LogP contribution in [0.5, 0.6) is 0 Å². The molecule has 126 valence electrons. The van der Waals surface area contributed by atoms with Gasteiger partial charge < -0.3 is 4.74 Å². The molecule has 0 saturated heterocycles. The van der Waals surface area contributed by atoms with Crippen LogP contribution in [0.2, 0.25) is 0 Å². The zero-order valence-electron chi connectivity index (χ0n) is 13.2. The predicted molar refractivity (Wildman–Crippen MR) is 78.9 cm³/mol. The third kappa shape index (κ3) is 4.34. The average molecular weight is 338 g/mol. The molecule has 22 heavy (non-hydrogen) atoms. The molecule has 1 rings (SSSR count). The molecular formula is C14H21F3N2O2S. The van der Waals surface area contributed by atoms with Gasteiger partial charge in [-0.05, 0) is 45.1 Å². The summed E-state index contributed by atoms with van der Waals surface area (Å²) >= 11 is 0.827.